The number of hydrogen-bond acceptors (Lipinski definition) is 7. The lowest BCUT2D eigenvalue weighted by molar-refractivity contribution is -0.386. The van der Waals surface area contributed by atoms with Crippen LogP contribution in [0.2, 0.25) is 0 Å². The van der Waals surface area contributed by atoms with Crippen molar-refractivity contribution in [3.63, 3.8) is 0 Å². The Balaban J connectivity index is 3.44. The van der Waals surface area contributed by atoms with Gasteiger partial charge in [-0.25, -0.2) is 0 Å². The number of nitrogens with zero attached hydrogens (tertiary/aromatic N) is 3. The number of benzene rings is 1. The minimum atomic E-state index is -0.989. The van der Waals surface area contributed by atoms with Gasteiger partial charge in [-0.15, -0.1) is 5.92 Å². The lowest BCUT2D eigenvalue weighted by Crippen LogP contribution is -2.28. The van der Waals surface area contributed by atoms with Crippen molar-refractivity contribution in [3.05, 3.63) is 33.4 Å². The maximum atomic E-state index is 12.1. The van der Waals surface area contributed by atoms with E-state index in [0.717, 1.165) is 17.0 Å². The number of nitro groups is 1. The number of hydrogen-bond donors (Lipinski definition) is 3. The molecule has 124 valence electrons. The molecule has 0 aliphatic heterocycles. The van der Waals surface area contributed by atoms with E-state index in [1.807, 2.05) is 0 Å². The van der Waals surface area contributed by atoms with E-state index in [2.05, 4.69) is 11.8 Å². The second kappa shape index (κ2) is 7.51. The molecular weight excluding hydrogens is 318 g/mol. The molecule has 0 spiro atoms. The predicted molar refractivity (Wildman–Crippen MR) is 82.7 cm³/mol. The summed E-state index contributed by atoms with van der Waals surface area (Å²) in [7, 11) is 1.36. The number of nitro benzene ring substituents is 1. The molecule has 0 heterocycles. The van der Waals surface area contributed by atoms with Crippen molar-refractivity contribution < 1.29 is 25.0 Å². The lowest BCUT2D eigenvalue weighted by Gasteiger charge is -2.14. The number of aliphatic hydroxyl groups excluding tert-OH is 1. The third kappa shape index (κ3) is 3.72. The summed E-state index contributed by atoms with van der Waals surface area (Å²) in [6.07, 6.45) is 0. The first-order chi connectivity index (χ1) is 11.2. The second-order valence-corrected chi connectivity index (χ2v) is 4.54. The van der Waals surface area contributed by atoms with Crippen LogP contribution in [0.15, 0.2) is 17.7 Å². The summed E-state index contributed by atoms with van der Waals surface area (Å²) in [6, 6.07) is 3.05. The van der Waals surface area contributed by atoms with Gasteiger partial charge in [0.25, 0.3) is 5.91 Å². The number of aromatic hydroxyl groups is 2. The van der Waals surface area contributed by atoms with Gasteiger partial charge in [0.2, 0.25) is 5.75 Å². The zero-order valence-electron chi connectivity index (χ0n) is 12.8. The van der Waals surface area contributed by atoms with Crippen LogP contribution in [0.5, 0.6) is 11.5 Å². The molecule has 0 fully saturated rings. The van der Waals surface area contributed by atoms with Crippen LogP contribution in [0.25, 0.3) is 5.76 Å². The molecule has 0 atom stereocenters. The van der Waals surface area contributed by atoms with E-state index in [9.17, 15) is 30.2 Å². The normalized spacial score (nSPS) is 10.7. The Kier molecular flexibility index (Phi) is 5.74. The molecule has 0 unspecified atom stereocenters. The van der Waals surface area contributed by atoms with E-state index < -0.39 is 39.3 Å². The van der Waals surface area contributed by atoms with Crippen LogP contribution >= 0.6 is 0 Å². The van der Waals surface area contributed by atoms with Crippen LogP contribution in [-0.2, 0) is 4.79 Å². The Hall–Kier alpha value is -3.72. The Bertz CT molecular complexity index is 826. The van der Waals surface area contributed by atoms with E-state index in [4.69, 9.17) is 5.26 Å². The summed E-state index contributed by atoms with van der Waals surface area (Å²) < 4.78 is 0. The van der Waals surface area contributed by atoms with Crippen molar-refractivity contribution in [2.45, 2.75) is 6.92 Å². The molecular formula is C15H13N3O6. The van der Waals surface area contributed by atoms with Crippen LogP contribution in [-0.4, -0.2) is 44.6 Å². The van der Waals surface area contributed by atoms with E-state index in [1.54, 1.807) is 6.92 Å². The zero-order valence-corrected chi connectivity index (χ0v) is 12.8. The van der Waals surface area contributed by atoms with Crippen LogP contribution in [0.3, 0.4) is 0 Å². The molecule has 1 aromatic carbocycles. The smallest absolute Gasteiger partial charge is 0.315 e. The fourth-order valence-corrected chi connectivity index (χ4v) is 1.69. The monoisotopic (exact) mass is 331 g/mol. The molecule has 0 aliphatic rings. The summed E-state index contributed by atoms with van der Waals surface area (Å²) in [6.45, 7) is 1.57. The van der Waals surface area contributed by atoms with E-state index in [0.29, 0.717) is 0 Å². The van der Waals surface area contributed by atoms with E-state index >= 15 is 0 Å². The first-order valence-corrected chi connectivity index (χ1v) is 6.43. The Labute approximate surface area is 136 Å². The maximum absolute atomic E-state index is 12.1. The maximum Gasteiger partial charge on any atom is 0.315 e. The van der Waals surface area contributed by atoms with Gasteiger partial charge in [-0.2, -0.15) is 5.26 Å². The van der Waals surface area contributed by atoms with Crippen molar-refractivity contribution in [2.75, 3.05) is 13.6 Å². The van der Waals surface area contributed by atoms with Crippen LogP contribution in [0.1, 0.15) is 12.5 Å². The van der Waals surface area contributed by atoms with Crippen molar-refractivity contribution in [1.29, 1.82) is 5.26 Å². The largest absolute Gasteiger partial charge is 0.506 e. The Morgan fingerprint density at radius 2 is 2.04 bits per heavy atom. The number of carbonyl (C=O) groups is 1. The molecule has 1 aromatic rings. The highest BCUT2D eigenvalue weighted by molar-refractivity contribution is 6.03. The zero-order chi connectivity index (χ0) is 18.4. The molecule has 9 heteroatoms. The summed E-state index contributed by atoms with van der Waals surface area (Å²) in [5, 5.41) is 49.0. The van der Waals surface area contributed by atoms with Crippen LogP contribution in [0, 0.1) is 33.3 Å². The molecule has 0 aliphatic carbocycles. The van der Waals surface area contributed by atoms with Crippen molar-refractivity contribution in [2.24, 2.45) is 0 Å². The number of carbonyl (C=O) groups excluding carboxylic acids is 1. The Morgan fingerprint density at radius 3 is 2.54 bits per heavy atom. The minimum Gasteiger partial charge on any atom is -0.506 e. The standard InChI is InChI=1S/C15H13N3O6/c1-3-4-5-17(2)15(22)10(8-16)13(20)9-6-11(18(23)24)14(21)12(19)7-9/h6-7,19-21H,5H2,1-2H3/b13-10-. The highest BCUT2D eigenvalue weighted by Gasteiger charge is 2.24. The van der Waals surface area contributed by atoms with E-state index in [1.165, 1.54) is 13.1 Å². The molecule has 0 aromatic heterocycles. The van der Waals surface area contributed by atoms with Gasteiger partial charge in [-0.3, -0.25) is 14.9 Å². The molecule has 0 saturated heterocycles. The Morgan fingerprint density at radius 1 is 1.42 bits per heavy atom. The number of nitriles is 1. The molecule has 0 radical (unpaired) electrons. The first kappa shape index (κ1) is 18.3. The molecule has 1 rings (SSSR count). The number of likely N-dealkylation sites (N-methyl/N-ethyl adjacent to an activating group) is 1. The number of aliphatic hydroxyl groups is 1. The van der Waals surface area contributed by atoms with Gasteiger partial charge in [-0.1, -0.05) is 5.92 Å². The minimum absolute atomic E-state index is 0.00870. The number of amides is 1. The summed E-state index contributed by atoms with van der Waals surface area (Å²) >= 11 is 0. The number of phenolic OH excluding ortho intramolecular Hbond substituents is 2. The molecule has 24 heavy (non-hydrogen) atoms. The van der Waals surface area contributed by atoms with E-state index in [-0.39, 0.29) is 12.1 Å². The average molecular weight is 331 g/mol. The fraction of sp³-hybridized carbons (Fsp3) is 0.200. The highest BCUT2D eigenvalue weighted by atomic mass is 16.6. The third-order valence-corrected chi connectivity index (χ3v) is 2.94. The van der Waals surface area contributed by atoms with Crippen LogP contribution in [0.4, 0.5) is 5.69 Å². The number of phenols is 2. The van der Waals surface area contributed by atoms with Crippen molar-refractivity contribution >= 4 is 17.4 Å². The predicted octanol–water partition coefficient (Wildman–Crippen LogP) is 1.28. The van der Waals surface area contributed by atoms with Gasteiger partial charge >= 0.3 is 5.69 Å². The first-order valence-electron chi connectivity index (χ1n) is 6.43. The second-order valence-electron chi connectivity index (χ2n) is 4.54. The van der Waals surface area contributed by atoms with Gasteiger partial charge in [0.05, 0.1) is 11.5 Å². The number of rotatable bonds is 4. The SMILES string of the molecule is CC#CCN(C)C(=O)/C(C#N)=C(\O)c1cc(O)c(O)c([N+](=O)[O-])c1. The highest BCUT2D eigenvalue weighted by Crippen LogP contribution is 2.38. The molecule has 0 bridgehead atoms. The van der Waals surface area contributed by atoms with Gasteiger partial charge in [0.1, 0.15) is 11.8 Å². The fourth-order valence-electron chi connectivity index (χ4n) is 1.69. The van der Waals surface area contributed by atoms with Crippen LogP contribution < -0.4 is 0 Å². The average Bonchev–Trinajstić information content (AvgIpc) is 2.54. The third-order valence-electron chi connectivity index (χ3n) is 2.94. The molecule has 3 N–H and O–H groups in total. The van der Waals surface area contributed by atoms with Gasteiger partial charge in [0, 0.05) is 18.7 Å². The quantitative estimate of drug-likeness (QED) is 0.143. The summed E-state index contributed by atoms with van der Waals surface area (Å²) in [4.78, 5) is 23.1. The van der Waals surface area contributed by atoms with Gasteiger partial charge in [-0.05, 0) is 13.0 Å². The van der Waals surface area contributed by atoms with Gasteiger partial charge < -0.3 is 20.2 Å². The summed E-state index contributed by atoms with van der Waals surface area (Å²) in [5.74, 6) is 1.59. The lowest BCUT2D eigenvalue weighted by atomic mass is 10.1. The molecule has 1 amide bonds. The molecule has 9 nitrogen and oxygen atoms in total. The van der Waals surface area contributed by atoms with Crippen molar-refractivity contribution in [3.8, 4) is 29.4 Å². The van der Waals surface area contributed by atoms with Crippen molar-refractivity contribution in [1.82, 2.24) is 4.90 Å². The summed E-state index contributed by atoms with van der Waals surface area (Å²) in [5.41, 5.74) is -1.93. The molecule has 0 saturated carbocycles. The topological polar surface area (TPSA) is 148 Å². The van der Waals surface area contributed by atoms with Gasteiger partial charge in [0.15, 0.2) is 11.3 Å².